The third-order valence-corrected chi connectivity index (χ3v) is 7.66. The second-order valence-electron chi connectivity index (χ2n) is 9.89. The number of aromatic amines is 1. The molecule has 0 bridgehead atoms. The van der Waals surface area contributed by atoms with Crippen LogP contribution in [0.2, 0.25) is 5.02 Å². The average Bonchev–Trinajstić information content (AvgIpc) is 2.93. The summed E-state index contributed by atoms with van der Waals surface area (Å²) in [5, 5.41) is 3.30. The molecule has 1 atom stereocenters. The molecule has 1 fully saturated rings. The number of carbonyl (C=O) groups excluding carboxylic acids is 3. The van der Waals surface area contributed by atoms with E-state index in [1.807, 2.05) is 0 Å². The molecule has 1 unspecified atom stereocenters. The Kier molecular flexibility index (Phi) is 8.97. The molecule has 7 nitrogen and oxygen atoms in total. The lowest BCUT2D eigenvalue weighted by atomic mass is 9.85. The number of aromatic nitrogens is 1. The van der Waals surface area contributed by atoms with Crippen LogP contribution >= 0.6 is 11.6 Å². The number of rotatable bonds is 8. The molecular weight excluding hydrogens is 523 g/mol. The van der Waals surface area contributed by atoms with Crippen molar-refractivity contribution in [2.75, 3.05) is 7.11 Å². The Labute approximate surface area is 230 Å². The number of amides is 1. The smallest absolute Gasteiger partial charge is 0.308 e. The van der Waals surface area contributed by atoms with E-state index in [0.29, 0.717) is 53.0 Å². The van der Waals surface area contributed by atoms with Gasteiger partial charge >= 0.3 is 5.97 Å². The number of benzene rings is 2. The lowest BCUT2D eigenvalue weighted by Gasteiger charge is -2.27. The van der Waals surface area contributed by atoms with Crippen molar-refractivity contribution in [3.8, 4) is 0 Å². The fraction of sp³-hybridized carbons (Fsp3) is 0.333. The number of pyridine rings is 1. The Balaban J connectivity index is 1.54. The van der Waals surface area contributed by atoms with Crippen molar-refractivity contribution >= 4 is 29.3 Å². The summed E-state index contributed by atoms with van der Waals surface area (Å²) in [4.78, 5) is 52.1. The highest BCUT2D eigenvalue weighted by Crippen LogP contribution is 2.35. The summed E-state index contributed by atoms with van der Waals surface area (Å²) >= 11 is 6.47. The Hall–Kier alpha value is -3.78. The average molecular weight is 553 g/mol. The predicted octanol–water partition coefficient (Wildman–Crippen LogP) is 5.34. The number of halogens is 2. The van der Waals surface area contributed by atoms with Gasteiger partial charge in [-0.25, -0.2) is 4.39 Å². The normalized spacial score (nSPS) is 17.7. The van der Waals surface area contributed by atoms with E-state index in [2.05, 4.69) is 10.3 Å². The summed E-state index contributed by atoms with van der Waals surface area (Å²) in [6.07, 6.45) is 3.75. The molecule has 0 aliphatic heterocycles. The molecule has 1 saturated carbocycles. The van der Waals surface area contributed by atoms with Crippen molar-refractivity contribution in [1.82, 2.24) is 10.3 Å². The van der Waals surface area contributed by atoms with E-state index in [1.165, 1.54) is 31.5 Å². The van der Waals surface area contributed by atoms with Crippen LogP contribution in [0, 0.1) is 18.7 Å². The molecule has 9 heteroatoms. The first-order valence-electron chi connectivity index (χ1n) is 12.8. The first kappa shape index (κ1) is 28.2. The van der Waals surface area contributed by atoms with Crippen LogP contribution in [0.25, 0.3) is 0 Å². The van der Waals surface area contributed by atoms with Gasteiger partial charge in [-0.15, -0.1) is 0 Å². The summed E-state index contributed by atoms with van der Waals surface area (Å²) in [5.74, 6) is -2.50. The monoisotopic (exact) mass is 552 g/mol. The zero-order valence-electron chi connectivity index (χ0n) is 21.8. The molecule has 0 spiro atoms. The van der Waals surface area contributed by atoms with E-state index >= 15 is 4.39 Å². The molecule has 4 rings (SSSR count). The molecule has 1 aliphatic carbocycles. The van der Waals surface area contributed by atoms with Gasteiger partial charge in [-0.3, -0.25) is 19.2 Å². The number of ketones is 1. The van der Waals surface area contributed by atoms with Crippen molar-refractivity contribution in [2.24, 2.45) is 5.92 Å². The van der Waals surface area contributed by atoms with E-state index in [1.54, 1.807) is 37.3 Å². The molecule has 1 amide bonds. The van der Waals surface area contributed by atoms with Crippen LogP contribution in [0.5, 0.6) is 0 Å². The first-order chi connectivity index (χ1) is 18.7. The number of carbonyl (C=O) groups is 3. The molecule has 3 aromatic rings. The van der Waals surface area contributed by atoms with E-state index in [0.717, 1.165) is 0 Å². The third kappa shape index (κ3) is 6.63. The van der Waals surface area contributed by atoms with Crippen LogP contribution in [-0.2, 0) is 9.53 Å². The SMILES string of the molecule is COC(=O)C1CCC(NC(=O)c2ccc(C(CC(=O)c3c[nH]c(=O)c(C)c3)c3ccccc3Cl)cc2F)CC1. The van der Waals surface area contributed by atoms with Crippen molar-refractivity contribution < 1.29 is 23.5 Å². The maximum Gasteiger partial charge on any atom is 0.308 e. The molecule has 1 aromatic heterocycles. The van der Waals surface area contributed by atoms with Crippen LogP contribution in [0.15, 0.2) is 59.5 Å². The van der Waals surface area contributed by atoms with E-state index in [9.17, 15) is 19.2 Å². The molecule has 2 N–H and O–H groups in total. The fourth-order valence-electron chi connectivity index (χ4n) is 5.06. The van der Waals surface area contributed by atoms with Gasteiger partial charge in [0.05, 0.1) is 18.6 Å². The molecule has 204 valence electrons. The molecular formula is C30H30ClFN2O5. The maximum atomic E-state index is 15.3. The van der Waals surface area contributed by atoms with Gasteiger partial charge in [-0.1, -0.05) is 35.9 Å². The lowest BCUT2D eigenvalue weighted by molar-refractivity contribution is -0.146. The van der Waals surface area contributed by atoms with Gasteiger partial charge in [-0.2, -0.15) is 0 Å². The van der Waals surface area contributed by atoms with Crippen LogP contribution < -0.4 is 10.9 Å². The zero-order chi connectivity index (χ0) is 28.1. The predicted molar refractivity (Wildman–Crippen MR) is 146 cm³/mol. The largest absolute Gasteiger partial charge is 0.469 e. The lowest BCUT2D eigenvalue weighted by Crippen LogP contribution is -2.39. The quantitative estimate of drug-likeness (QED) is 0.290. The number of aryl methyl sites for hydroxylation is 1. The zero-order valence-corrected chi connectivity index (χ0v) is 22.5. The van der Waals surface area contributed by atoms with Crippen molar-refractivity contribution in [3.05, 3.63) is 104 Å². The second-order valence-corrected chi connectivity index (χ2v) is 10.3. The number of H-pyrrole nitrogens is 1. The third-order valence-electron chi connectivity index (χ3n) is 7.32. The molecule has 0 radical (unpaired) electrons. The van der Waals surface area contributed by atoms with Crippen molar-refractivity contribution in [2.45, 2.75) is 51.0 Å². The number of ether oxygens (including phenoxy) is 1. The standard InChI is InChI=1S/C30H30ClFN2O5/c1-17-13-20(16-33-28(17)36)27(35)15-24(22-5-3-4-6-25(22)31)19-9-12-23(26(32)14-19)29(37)34-21-10-7-18(8-11-21)30(38)39-2/h3-6,9,12-14,16,18,21,24H,7-8,10-11,15H2,1-2H3,(H,33,36)(H,34,37). The topological polar surface area (TPSA) is 105 Å². The minimum Gasteiger partial charge on any atom is -0.469 e. The van der Waals surface area contributed by atoms with Gasteiger partial charge < -0.3 is 15.0 Å². The number of methoxy groups -OCH3 is 1. The van der Waals surface area contributed by atoms with Gasteiger partial charge in [-0.05, 0) is 68.0 Å². The number of esters is 1. The highest BCUT2D eigenvalue weighted by Gasteiger charge is 2.29. The molecule has 39 heavy (non-hydrogen) atoms. The van der Waals surface area contributed by atoms with Gasteiger partial charge in [0, 0.05) is 40.7 Å². The second kappa shape index (κ2) is 12.4. The highest BCUT2D eigenvalue weighted by molar-refractivity contribution is 6.31. The Bertz CT molecular complexity index is 1450. The van der Waals surface area contributed by atoms with E-state index in [4.69, 9.17) is 16.3 Å². The van der Waals surface area contributed by atoms with Crippen LogP contribution in [0.3, 0.4) is 0 Å². The number of hydrogen-bond donors (Lipinski definition) is 2. The summed E-state index contributed by atoms with van der Waals surface area (Å²) < 4.78 is 20.1. The molecule has 2 aromatic carbocycles. The minimum atomic E-state index is -0.711. The Morgan fingerprint density at radius 3 is 2.46 bits per heavy atom. The van der Waals surface area contributed by atoms with Gasteiger partial charge in [0.15, 0.2) is 5.78 Å². The van der Waals surface area contributed by atoms with Crippen LogP contribution in [0.4, 0.5) is 4.39 Å². The van der Waals surface area contributed by atoms with Gasteiger partial charge in [0.2, 0.25) is 0 Å². The van der Waals surface area contributed by atoms with E-state index in [-0.39, 0.29) is 41.3 Å². The van der Waals surface area contributed by atoms with Gasteiger partial charge in [0.25, 0.3) is 11.5 Å². The molecule has 1 aliphatic rings. The fourth-order valence-corrected chi connectivity index (χ4v) is 5.33. The summed E-state index contributed by atoms with van der Waals surface area (Å²) in [6.45, 7) is 1.62. The number of nitrogens with one attached hydrogen (secondary N) is 2. The van der Waals surface area contributed by atoms with E-state index < -0.39 is 17.6 Å². The van der Waals surface area contributed by atoms with Crippen molar-refractivity contribution in [1.29, 1.82) is 0 Å². The summed E-state index contributed by atoms with van der Waals surface area (Å²) in [6, 6.07) is 12.7. The highest BCUT2D eigenvalue weighted by atomic mass is 35.5. The Morgan fingerprint density at radius 2 is 1.82 bits per heavy atom. The Morgan fingerprint density at radius 1 is 1.10 bits per heavy atom. The van der Waals surface area contributed by atoms with Crippen molar-refractivity contribution in [3.63, 3.8) is 0 Å². The molecule has 1 heterocycles. The number of hydrogen-bond acceptors (Lipinski definition) is 5. The van der Waals surface area contributed by atoms with Crippen LogP contribution in [-0.4, -0.2) is 35.8 Å². The maximum absolute atomic E-state index is 15.3. The van der Waals surface area contributed by atoms with Gasteiger partial charge in [0.1, 0.15) is 5.82 Å². The number of Topliss-reactive ketones (excluding diaryl/α,β-unsaturated/α-hetero) is 1. The molecule has 0 saturated heterocycles. The van der Waals surface area contributed by atoms with Crippen LogP contribution in [0.1, 0.15) is 75.4 Å². The summed E-state index contributed by atoms with van der Waals surface area (Å²) in [7, 11) is 1.36. The summed E-state index contributed by atoms with van der Waals surface area (Å²) in [5.41, 5.74) is 1.51. The first-order valence-corrected chi connectivity index (χ1v) is 13.2. The minimum absolute atomic E-state index is 0.0242.